The maximum Gasteiger partial charge on any atom is 0.225 e. The van der Waals surface area contributed by atoms with Crippen LogP contribution in [-0.4, -0.2) is 29.0 Å². The fourth-order valence-electron chi connectivity index (χ4n) is 2.65. The van der Waals surface area contributed by atoms with E-state index in [0.717, 1.165) is 37.1 Å². The van der Waals surface area contributed by atoms with E-state index in [9.17, 15) is 9.90 Å². The number of carbonyl (C=O) groups excluding carboxylic acids is 1. The Morgan fingerprint density at radius 1 is 1.32 bits per heavy atom. The highest BCUT2D eigenvalue weighted by Gasteiger charge is 2.22. The van der Waals surface area contributed by atoms with Crippen molar-refractivity contribution in [2.24, 2.45) is 5.92 Å². The van der Waals surface area contributed by atoms with Crippen molar-refractivity contribution in [3.05, 3.63) is 29.3 Å². The van der Waals surface area contributed by atoms with E-state index in [1.165, 1.54) is 6.42 Å². The Kier molecular flexibility index (Phi) is 4.46. The van der Waals surface area contributed by atoms with Crippen LogP contribution in [0.2, 0.25) is 0 Å². The lowest BCUT2D eigenvalue weighted by Gasteiger charge is -2.29. The van der Waals surface area contributed by atoms with Crippen molar-refractivity contribution in [1.29, 1.82) is 0 Å². The van der Waals surface area contributed by atoms with E-state index in [1.807, 2.05) is 30.9 Å². The largest absolute Gasteiger partial charge is 0.508 e. The molecule has 0 saturated carbocycles. The van der Waals surface area contributed by atoms with Gasteiger partial charge in [-0.2, -0.15) is 0 Å². The first kappa shape index (κ1) is 13.9. The Balaban J connectivity index is 1.97. The fourth-order valence-corrected chi connectivity index (χ4v) is 2.65. The summed E-state index contributed by atoms with van der Waals surface area (Å²) in [6.07, 6.45) is 4.20. The van der Waals surface area contributed by atoms with Crippen molar-refractivity contribution >= 4 is 5.91 Å². The molecule has 2 rings (SSSR count). The second-order valence-corrected chi connectivity index (χ2v) is 5.61. The molecule has 3 nitrogen and oxygen atoms in total. The molecule has 1 saturated heterocycles. The van der Waals surface area contributed by atoms with Crippen molar-refractivity contribution in [1.82, 2.24) is 4.90 Å². The molecule has 19 heavy (non-hydrogen) atoms. The minimum Gasteiger partial charge on any atom is -0.508 e. The van der Waals surface area contributed by atoms with Crippen LogP contribution in [0.4, 0.5) is 0 Å². The Morgan fingerprint density at radius 2 is 2.00 bits per heavy atom. The van der Waals surface area contributed by atoms with E-state index in [0.29, 0.717) is 12.2 Å². The summed E-state index contributed by atoms with van der Waals surface area (Å²) in [4.78, 5) is 14.3. The van der Waals surface area contributed by atoms with Crippen LogP contribution >= 0.6 is 0 Å². The number of phenols is 1. The zero-order chi connectivity index (χ0) is 13.8. The average Bonchev–Trinajstić information content (AvgIpc) is 2.43. The standard InChI is InChI=1S/C16H23NO2/c1-12-6-7-14(11-15(12)18)10-13(2)16(19)17-8-4-3-5-9-17/h6-7,11,13,18H,3-5,8-10H2,1-2H3. The summed E-state index contributed by atoms with van der Waals surface area (Å²) >= 11 is 0. The van der Waals surface area contributed by atoms with E-state index in [-0.39, 0.29) is 11.8 Å². The highest BCUT2D eigenvalue weighted by molar-refractivity contribution is 5.78. The number of aromatic hydroxyl groups is 1. The lowest BCUT2D eigenvalue weighted by atomic mass is 9.97. The van der Waals surface area contributed by atoms with E-state index in [1.54, 1.807) is 6.07 Å². The number of hydrogen-bond acceptors (Lipinski definition) is 2. The van der Waals surface area contributed by atoms with Gasteiger partial charge in [0.25, 0.3) is 0 Å². The molecule has 0 spiro atoms. The first-order chi connectivity index (χ1) is 9.08. The number of aryl methyl sites for hydroxylation is 1. The van der Waals surface area contributed by atoms with Gasteiger partial charge in [-0.1, -0.05) is 19.1 Å². The highest BCUT2D eigenvalue weighted by atomic mass is 16.3. The summed E-state index contributed by atoms with van der Waals surface area (Å²) in [7, 11) is 0. The topological polar surface area (TPSA) is 40.5 Å². The Bertz CT molecular complexity index is 450. The van der Waals surface area contributed by atoms with Gasteiger partial charge in [0.15, 0.2) is 0 Å². The van der Waals surface area contributed by atoms with Gasteiger partial charge in [-0.05, 0) is 49.8 Å². The number of hydrogen-bond donors (Lipinski definition) is 1. The van der Waals surface area contributed by atoms with E-state index >= 15 is 0 Å². The number of amides is 1. The van der Waals surface area contributed by atoms with Crippen molar-refractivity contribution in [3.63, 3.8) is 0 Å². The van der Waals surface area contributed by atoms with E-state index in [2.05, 4.69) is 0 Å². The summed E-state index contributed by atoms with van der Waals surface area (Å²) in [5, 5.41) is 9.70. The number of rotatable bonds is 3. The third-order valence-electron chi connectivity index (χ3n) is 3.90. The molecule has 104 valence electrons. The van der Waals surface area contributed by atoms with Gasteiger partial charge < -0.3 is 10.0 Å². The minimum absolute atomic E-state index is 0.0137. The third-order valence-corrected chi connectivity index (χ3v) is 3.90. The molecule has 1 fully saturated rings. The molecule has 1 aromatic rings. The second-order valence-electron chi connectivity index (χ2n) is 5.61. The Labute approximate surface area is 115 Å². The molecular weight excluding hydrogens is 238 g/mol. The molecule has 1 unspecified atom stereocenters. The van der Waals surface area contributed by atoms with Gasteiger partial charge in [0.1, 0.15) is 5.75 Å². The normalized spacial score (nSPS) is 17.3. The van der Waals surface area contributed by atoms with E-state index < -0.39 is 0 Å². The molecule has 0 bridgehead atoms. The smallest absolute Gasteiger partial charge is 0.225 e. The lowest BCUT2D eigenvalue weighted by Crippen LogP contribution is -2.39. The molecule has 1 N–H and O–H groups in total. The van der Waals surface area contributed by atoms with E-state index in [4.69, 9.17) is 0 Å². The van der Waals surface area contributed by atoms with Gasteiger partial charge in [0.05, 0.1) is 0 Å². The van der Waals surface area contributed by atoms with Crippen LogP contribution in [0.3, 0.4) is 0 Å². The molecule has 0 aromatic heterocycles. The molecule has 1 aliphatic rings. The SMILES string of the molecule is Cc1ccc(CC(C)C(=O)N2CCCCC2)cc1O. The summed E-state index contributed by atoms with van der Waals surface area (Å²) < 4.78 is 0. The maximum atomic E-state index is 12.3. The van der Waals surface area contributed by atoms with Crippen LogP contribution in [0.25, 0.3) is 0 Å². The molecule has 0 aliphatic carbocycles. The molecule has 1 aromatic carbocycles. The van der Waals surface area contributed by atoms with Crippen molar-refractivity contribution in [2.75, 3.05) is 13.1 Å². The first-order valence-corrected chi connectivity index (χ1v) is 7.15. The number of likely N-dealkylation sites (tertiary alicyclic amines) is 1. The number of piperidine rings is 1. The molecule has 3 heteroatoms. The fraction of sp³-hybridized carbons (Fsp3) is 0.562. The third kappa shape index (κ3) is 3.49. The van der Waals surface area contributed by atoms with Crippen LogP contribution < -0.4 is 0 Å². The zero-order valence-corrected chi connectivity index (χ0v) is 11.9. The zero-order valence-electron chi connectivity index (χ0n) is 11.9. The molecule has 1 aliphatic heterocycles. The minimum atomic E-state index is -0.0137. The summed E-state index contributed by atoms with van der Waals surface area (Å²) in [6, 6.07) is 5.67. The van der Waals surface area contributed by atoms with Crippen molar-refractivity contribution in [2.45, 2.75) is 39.5 Å². The van der Waals surface area contributed by atoms with Crippen LogP contribution in [-0.2, 0) is 11.2 Å². The predicted molar refractivity (Wildman–Crippen MR) is 76.1 cm³/mol. The van der Waals surface area contributed by atoms with Crippen molar-refractivity contribution < 1.29 is 9.90 Å². The lowest BCUT2D eigenvalue weighted by molar-refractivity contribution is -0.135. The van der Waals surface area contributed by atoms with Gasteiger partial charge in [-0.15, -0.1) is 0 Å². The summed E-state index contributed by atoms with van der Waals surface area (Å²) in [5.41, 5.74) is 1.90. The summed E-state index contributed by atoms with van der Waals surface area (Å²) in [5.74, 6) is 0.551. The number of nitrogens with zero attached hydrogens (tertiary/aromatic N) is 1. The monoisotopic (exact) mass is 261 g/mol. The molecule has 1 atom stereocenters. The van der Waals surface area contributed by atoms with Gasteiger partial charge in [-0.25, -0.2) is 0 Å². The Hall–Kier alpha value is -1.51. The van der Waals surface area contributed by atoms with Gasteiger partial charge in [0, 0.05) is 19.0 Å². The Morgan fingerprint density at radius 3 is 2.63 bits per heavy atom. The maximum absolute atomic E-state index is 12.3. The van der Waals surface area contributed by atoms with Crippen LogP contribution in [0.5, 0.6) is 5.75 Å². The predicted octanol–water partition coefficient (Wildman–Crippen LogP) is 2.89. The highest BCUT2D eigenvalue weighted by Crippen LogP contribution is 2.21. The second kappa shape index (κ2) is 6.09. The van der Waals surface area contributed by atoms with Crippen LogP contribution in [0, 0.1) is 12.8 Å². The number of benzene rings is 1. The molecule has 0 radical (unpaired) electrons. The molecular formula is C16H23NO2. The van der Waals surface area contributed by atoms with Gasteiger partial charge in [-0.3, -0.25) is 4.79 Å². The van der Waals surface area contributed by atoms with Gasteiger partial charge >= 0.3 is 0 Å². The number of phenolic OH excluding ortho intramolecular Hbond substituents is 1. The van der Waals surface area contributed by atoms with Gasteiger partial charge in [0.2, 0.25) is 5.91 Å². The summed E-state index contributed by atoms with van der Waals surface area (Å²) in [6.45, 7) is 5.67. The quantitative estimate of drug-likeness (QED) is 0.909. The average molecular weight is 261 g/mol. The van der Waals surface area contributed by atoms with Crippen LogP contribution in [0.15, 0.2) is 18.2 Å². The first-order valence-electron chi connectivity index (χ1n) is 7.15. The molecule has 1 heterocycles. The number of carbonyl (C=O) groups is 1. The van der Waals surface area contributed by atoms with Crippen LogP contribution in [0.1, 0.15) is 37.3 Å². The van der Waals surface area contributed by atoms with Crippen molar-refractivity contribution in [3.8, 4) is 5.75 Å². The molecule has 1 amide bonds.